The first kappa shape index (κ1) is 17.8. The Kier molecular flexibility index (Phi) is 5.15. The SMILES string of the molecule is Clc1ccc(OCc2nnc(Nc3nc4ccc(Cl)cc4s3)s2)c(Cl)c1. The highest BCUT2D eigenvalue weighted by molar-refractivity contribution is 7.22. The average molecular weight is 444 g/mol. The number of nitrogens with one attached hydrogen (secondary N) is 1. The third kappa shape index (κ3) is 4.02. The summed E-state index contributed by atoms with van der Waals surface area (Å²) in [6.07, 6.45) is 0. The Morgan fingerprint density at radius 1 is 0.923 bits per heavy atom. The third-order valence-electron chi connectivity index (χ3n) is 3.28. The van der Waals surface area contributed by atoms with Gasteiger partial charge in [-0.25, -0.2) is 4.98 Å². The molecule has 0 spiro atoms. The van der Waals surface area contributed by atoms with Crippen LogP contribution in [0.15, 0.2) is 36.4 Å². The molecule has 0 radical (unpaired) electrons. The maximum Gasteiger partial charge on any atom is 0.212 e. The molecule has 1 N–H and O–H groups in total. The molecule has 132 valence electrons. The standard InChI is InChI=1S/C16H9Cl3N4OS2/c17-8-2-4-12(10(19)5-8)24-7-14-22-23-16(26-14)21-15-20-11-3-1-9(18)6-13(11)25-15/h1-6H,7H2,(H,20,21,23). The molecule has 10 heteroatoms. The summed E-state index contributed by atoms with van der Waals surface area (Å²) < 4.78 is 6.67. The molecular weight excluding hydrogens is 435 g/mol. The second kappa shape index (κ2) is 7.54. The van der Waals surface area contributed by atoms with Crippen LogP contribution in [0.2, 0.25) is 15.1 Å². The summed E-state index contributed by atoms with van der Waals surface area (Å²) in [5.41, 5.74) is 0.882. The van der Waals surface area contributed by atoms with E-state index < -0.39 is 0 Å². The highest BCUT2D eigenvalue weighted by Crippen LogP contribution is 2.32. The number of fused-ring (bicyclic) bond motifs is 1. The Morgan fingerprint density at radius 3 is 2.58 bits per heavy atom. The molecule has 0 fully saturated rings. The number of thiazole rings is 1. The quantitative estimate of drug-likeness (QED) is 0.385. The lowest BCUT2D eigenvalue weighted by Gasteiger charge is -2.05. The molecule has 2 heterocycles. The molecule has 0 atom stereocenters. The van der Waals surface area contributed by atoms with Gasteiger partial charge in [0.25, 0.3) is 0 Å². The fourth-order valence-corrected chi connectivity index (χ4v) is 4.46. The van der Waals surface area contributed by atoms with Gasteiger partial charge in [0.15, 0.2) is 10.1 Å². The zero-order valence-corrected chi connectivity index (χ0v) is 16.8. The zero-order valence-electron chi connectivity index (χ0n) is 12.9. The number of halogens is 3. The molecule has 0 unspecified atom stereocenters. The van der Waals surface area contributed by atoms with Gasteiger partial charge in [0, 0.05) is 10.0 Å². The summed E-state index contributed by atoms with van der Waals surface area (Å²) in [5, 5.41) is 15.2. The van der Waals surface area contributed by atoms with E-state index >= 15 is 0 Å². The highest BCUT2D eigenvalue weighted by atomic mass is 35.5. The van der Waals surface area contributed by atoms with Crippen LogP contribution >= 0.6 is 57.5 Å². The molecule has 0 bridgehead atoms. The fraction of sp³-hybridized carbons (Fsp3) is 0.0625. The van der Waals surface area contributed by atoms with Gasteiger partial charge in [-0.05, 0) is 36.4 Å². The van der Waals surface area contributed by atoms with Crippen LogP contribution in [0.3, 0.4) is 0 Å². The lowest BCUT2D eigenvalue weighted by atomic mass is 10.3. The first-order valence-electron chi connectivity index (χ1n) is 7.30. The Morgan fingerprint density at radius 2 is 1.73 bits per heavy atom. The van der Waals surface area contributed by atoms with Crippen molar-refractivity contribution in [2.75, 3.05) is 5.32 Å². The van der Waals surface area contributed by atoms with E-state index in [0.717, 1.165) is 15.3 Å². The number of rotatable bonds is 5. The fourth-order valence-electron chi connectivity index (χ4n) is 2.14. The van der Waals surface area contributed by atoms with Gasteiger partial charge in [-0.1, -0.05) is 57.5 Å². The van der Waals surface area contributed by atoms with E-state index in [2.05, 4.69) is 20.5 Å². The molecule has 5 nitrogen and oxygen atoms in total. The minimum absolute atomic E-state index is 0.260. The number of hydrogen-bond acceptors (Lipinski definition) is 7. The van der Waals surface area contributed by atoms with Crippen LogP contribution in [0.4, 0.5) is 10.3 Å². The lowest BCUT2D eigenvalue weighted by molar-refractivity contribution is 0.305. The molecule has 2 aromatic heterocycles. The van der Waals surface area contributed by atoms with Crippen molar-refractivity contribution < 1.29 is 4.74 Å². The number of hydrogen-bond donors (Lipinski definition) is 1. The summed E-state index contributed by atoms with van der Waals surface area (Å²) >= 11 is 20.8. The van der Waals surface area contributed by atoms with Crippen LogP contribution < -0.4 is 10.1 Å². The van der Waals surface area contributed by atoms with Gasteiger partial charge in [0.05, 0.1) is 15.2 Å². The van der Waals surface area contributed by atoms with Crippen molar-refractivity contribution in [2.45, 2.75) is 6.61 Å². The average Bonchev–Trinajstić information content (AvgIpc) is 3.20. The topological polar surface area (TPSA) is 59.9 Å². The second-order valence-electron chi connectivity index (χ2n) is 5.12. The van der Waals surface area contributed by atoms with Crippen LogP contribution in [-0.2, 0) is 6.61 Å². The summed E-state index contributed by atoms with van der Waals surface area (Å²) in [7, 11) is 0. The van der Waals surface area contributed by atoms with E-state index in [9.17, 15) is 0 Å². The number of anilines is 2. The van der Waals surface area contributed by atoms with E-state index in [1.54, 1.807) is 18.2 Å². The van der Waals surface area contributed by atoms with Crippen LogP contribution in [0.25, 0.3) is 10.2 Å². The Balaban J connectivity index is 1.43. The van der Waals surface area contributed by atoms with Gasteiger partial charge < -0.3 is 10.1 Å². The molecular formula is C16H9Cl3N4OS2. The normalized spacial score (nSPS) is 11.0. The molecule has 0 saturated carbocycles. The minimum Gasteiger partial charge on any atom is -0.485 e. The molecule has 0 aliphatic carbocycles. The van der Waals surface area contributed by atoms with Crippen molar-refractivity contribution in [3.63, 3.8) is 0 Å². The van der Waals surface area contributed by atoms with Gasteiger partial charge in [0.2, 0.25) is 5.13 Å². The van der Waals surface area contributed by atoms with E-state index in [4.69, 9.17) is 39.5 Å². The molecule has 4 aromatic rings. The van der Waals surface area contributed by atoms with Crippen LogP contribution in [0.1, 0.15) is 5.01 Å². The van der Waals surface area contributed by atoms with Crippen LogP contribution in [0.5, 0.6) is 5.75 Å². The van der Waals surface area contributed by atoms with Crippen LogP contribution in [-0.4, -0.2) is 15.2 Å². The van der Waals surface area contributed by atoms with E-state index in [1.807, 2.05) is 18.2 Å². The van der Waals surface area contributed by atoms with E-state index in [0.29, 0.717) is 31.0 Å². The van der Waals surface area contributed by atoms with Gasteiger partial charge in [-0.15, -0.1) is 10.2 Å². The second-order valence-corrected chi connectivity index (χ2v) is 8.49. The van der Waals surface area contributed by atoms with Gasteiger partial charge in [-0.2, -0.15) is 0 Å². The lowest BCUT2D eigenvalue weighted by Crippen LogP contribution is -1.95. The van der Waals surface area contributed by atoms with Gasteiger partial charge in [0.1, 0.15) is 12.4 Å². The van der Waals surface area contributed by atoms with Crippen LogP contribution in [0, 0.1) is 0 Å². The molecule has 0 aliphatic rings. The minimum atomic E-state index is 0.260. The van der Waals surface area contributed by atoms with E-state index in [1.165, 1.54) is 22.7 Å². The number of nitrogens with zero attached hydrogens (tertiary/aromatic N) is 3. The molecule has 26 heavy (non-hydrogen) atoms. The van der Waals surface area contributed by atoms with Gasteiger partial charge in [-0.3, -0.25) is 0 Å². The number of aromatic nitrogens is 3. The van der Waals surface area contributed by atoms with Gasteiger partial charge >= 0.3 is 0 Å². The molecule has 2 aromatic carbocycles. The molecule has 0 amide bonds. The predicted molar refractivity (Wildman–Crippen MR) is 109 cm³/mol. The maximum atomic E-state index is 6.09. The zero-order chi connectivity index (χ0) is 18.1. The third-order valence-corrected chi connectivity index (χ3v) is 5.79. The summed E-state index contributed by atoms with van der Waals surface area (Å²) in [6, 6.07) is 10.6. The first-order chi connectivity index (χ1) is 12.6. The van der Waals surface area contributed by atoms with Crippen molar-refractivity contribution in [3.05, 3.63) is 56.5 Å². The number of ether oxygens (including phenoxy) is 1. The predicted octanol–water partition coefficient (Wildman–Crippen LogP) is 6.43. The Bertz CT molecular complexity index is 1080. The number of benzene rings is 2. The summed E-state index contributed by atoms with van der Waals surface area (Å²) in [6.45, 7) is 0.260. The highest BCUT2D eigenvalue weighted by Gasteiger charge is 2.10. The van der Waals surface area contributed by atoms with Crippen molar-refractivity contribution in [2.24, 2.45) is 0 Å². The smallest absolute Gasteiger partial charge is 0.212 e. The maximum absolute atomic E-state index is 6.09. The van der Waals surface area contributed by atoms with Crippen molar-refractivity contribution in [1.82, 2.24) is 15.2 Å². The Labute approximate surface area is 171 Å². The van der Waals surface area contributed by atoms with Crippen molar-refractivity contribution in [1.29, 1.82) is 0 Å². The van der Waals surface area contributed by atoms with E-state index in [-0.39, 0.29) is 6.61 Å². The monoisotopic (exact) mass is 442 g/mol. The summed E-state index contributed by atoms with van der Waals surface area (Å²) in [4.78, 5) is 4.50. The van der Waals surface area contributed by atoms with Crippen molar-refractivity contribution >= 4 is 78.0 Å². The van der Waals surface area contributed by atoms with Crippen molar-refractivity contribution in [3.8, 4) is 5.75 Å². The largest absolute Gasteiger partial charge is 0.485 e. The first-order valence-corrected chi connectivity index (χ1v) is 10.1. The Hall–Kier alpha value is -1.64. The molecule has 4 rings (SSSR count). The molecule has 0 aliphatic heterocycles. The molecule has 0 saturated heterocycles. The summed E-state index contributed by atoms with van der Waals surface area (Å²) in [5.74, 6) is 0.545.